The molecule has 1 aromatic carbocycles. The van der Waals surface area contributed by atoms with Crippen LogP contribution >= 0.6 is 0 Å². The van der Waals surface area contributed by atoms with Gasteiger partial charge >= 0.3 is 6.18 Å². The third-order valence-electron chi connectivity index (χ3n) is 5.21. The SMILES string of the molecule is Cc1cc(C(F)(F)F)ccc1S(=O)(=O)N1CCN(C(=O)c2cccnc2C)C(C)C1. The Hall–Kier alpha value is -2.46. The number of halogens is 3. The van der Waals surface area contributed by atoms with Crippen LogP contribution in [0.2, 0.25) is 0 Å². The number of pyridine rings is 1. The fourth-order valence-electron chi connectivity index (χ4n) is 3.56. The van der Waals surface area contributed by atoms with Crippen molar-refractivity contribution in [3.63, 3.8) is 0 Å². The van der Waals surface area contributed by atoms with E-state index in [-0.39, 0.29) is 36.0 Å². The topological polar surface area (TPSA) is 70.6 Å². The van der Waals surface area contributed by atoms with Crippen molar-refractivity contribution in [2.45, 2.75) is 37.9 Å². The summed E-state index contributed by atoms with van der Waals surface area (Å²) >= 11 is 0. The summed E-state index contributed by atoms with van der Waals surface area (Å²) in [6.07, 6.45) is -2.95. The average Bonchev–Trinajstić information content (AvgIpc) is 2.66. The standard InChI is InChI=1S/C20H22F3N3O3S/c1-13-11-16(20(21,22)23)6-7-18(13)30(28,29)25-9-10-26(14(2)12-25)19(27)17-5-4-8-24-15(17)3/h4-8,11,14H,9-10,12H2,1-3H3. The number of aromatic nitrogens is 1. The van der Waals surface area contributed by atoms with Crippen LogP contribution < -0.4 is 0 Å². The Morgan fingerprint density at radius 1 is 1.17 bits per heavy atom. The molecule has 1 aliphatic heterocycles. The van der Waals surface area contributed by atoms with Crippen molar-refractivity contribution in [2.24, 2.45) is 0 Å². The zero-order valence-corrected chi connectivity index (χ0v) is 17.6. The summed E-state index contributed by atoms with van der Waals surface area (Å²) in [7, 11) is -3.99. The molecule has 0 saturated carbocycles. The van der Waals surface area contributed by atoms with Crippen LogP contribution in [0, 0.1) is 13.8 Å². The summed E-state index contributed by atoms with van der Waals surface area (Å²) in [5.41, 5.74) is 0.181. The highest BCUT2D eigenvalue weighted by atomic mass is 32.2. The van der Waals surface area contributed by atoms with Crippen molar-refractivity contribution in [3.05, 3.63) is 58.9 Å². The lowest BCUT2D eigenvalue weighted by Gasteiger charge is -2.39. The third-order valence-corrected chi connectivity index (χ3v) is 7.23. The van der Waals surface area contributed by atoms with E-state index in [1.54, 1.807) is 37.1 Å². The minimum atomic E-state index is -4.54. The number of piperazine rings is 1. The highest BCUT2D eigenvalue weighted by Crippen LogP contribution is 2.32. The van der Waals surface area contributed by atoms with Gasteiger partial charge in [0, 0.05) is 37.6 Å². The predicted octanol–water partition coefficient (Wildman–Crippen LogP) is 3.25. The number of aryl methyl sites for hydroxylation is 2. The maximum absolute atomic E-state index is 13.0. The van der Waals surface area contributed by atoms with E-state index >= 15 is 0 Å². The van der Waals surface area contributed by atoms with E-state index in [0.717, 1.165) is 18.2 Å². The Balaban J connectivity index is 1.81. The van der Waals surface area contributed by atoms with Crippen LogP contribution in [0.1, 0.15) is 34.1 Å². The van der Waals surface area contributed by atoms with Gasteiger partial charge in [0.15, 0.2) is 0 Å². The molecule has 0 bridgehead atoms. The number of nitrogens with zero attached hydrogens (tertiary/aromatic N) is 3. The minimum Gasteiger partial charge on any atom is -0.333 e. The first-order chi connectivity index (χ1) is 13.9. The quantitative estimate of drug-likeness (QED) is 0.733. The van der Waals surface area contributed by atoms with Gasteiger partial charge in [-0.2, -0.15) is 17.5 Å². The second-order valence-corrected chi connectivity index (χ2v) is 9.23. The van der Waals surface area contributed by atoms with Crippen LogP contribution in [0.25, 0.3) is 0 Å². The van der Waals surface area contributed by atoms with Crippen molar-refractivity contribution in [2.75, 3.05) is 19.6 Å². The van der Waals surface area contributed by atoms with Gasteiger partial charge < -0.3 is 4.90 Å². The highest BCUT2D eigenvalue weighted by Gasteiger charge is 2.37. The average molecular weight is 441 g/mol. The normalized spacial score (nSPS) is 18.5. The Labute approximate surface area is 173 Å². The Kier molecular flexibility index (Phi) is 5.92. The predicted molar refractivity (Wildman–Crippen MR) is 104 cm³/mol. The van der Waals surface area contributed by atoms with E-state index in [0.29, 0.717) is 11.3 Å². The molecule has 2 heterocycles. The molecule has 1 unspecified atom stereocenters. The first kappa shape index (κ1) is 22.2. The second-order valence-electron chi connectivity index (χ2n) is 7.33. The highest BCUT2D eigenvalue weighted by molar-refractivity contribution is 7.89. The number of carbonyl (C=O) groups excluding carboxylic acids is 1. The van der Waals surface area contributed by atoms with Crippen LogP contribution in [-0.4, -0.2) is 54.2 Å². The van der Waals surface area contributed by atoms with E-state index in [1.807, 2.05) is 0 Å². The van der Waals surface area contributed by atoms with Gasteiger partial charge in [0.2, 0.25) is 10.0 Å². The van der Waals surface area contributed by atoms with Gasteiger partial charge in [-0.1, -0.05) is 0 Å². The van der Waals surface area contributed by atoms with Crippen molar-refractivity contribution in [3.8, 4) is 0 Å². The number of benzene rings is 1. The van der Waals surface area contributed by atoms with Crippen molar-refractivity contribution < 1.29 is 26.4 Å². The first-order valence-electron chi connectivity index (χ1n) is 9.33. The van der Waals surface area contributed by atoms with Gasteiger partial charge in [-0.05, 0) is 56.7 Å². The summed E-state index contributed by atoms with van der Waals surface area (Å²) in [6.45, 7) is 5.09. The summed E-state index contributed by atoms with van der Waals surface area (Å²) in [5.74, 6) is -0.226. The Morgan fingerprint density at radius 3 is 2.43 bits per heavy atom. The Bertz CT molecular complexity index is 1070. The molecule has 30 heavy (non-hydrogen) atoms. The van der Waals surface area contributed by atoms with Crippen molar-refractivity contribution >= 4 is 15.9 Å². The van der Waals surface area contributed by atoms with Crippen LogP contribution in [0.15, 0.2) is 41.4 Å². The minimum absolute atomic E-state index is 0.0296. The molecule has 2 aromatic rings. The van der Waals surface area contributed by atoms with Crippen LogP contribution in [0.3, 0.4) is 0 Å². The monoisotopic (exact) mass is 441 g/mol. The zero-order valence-electron chi connectivity index (χ0n) is 16.8. The number of amides is 1. The molecule has 162 valence electrons. The lowest BCUT2D eigenvalue weighted by molar-refractivity contribution is -0.137. The molecule has 10 heteroatoms. The molecule has 1 aromatic heterocycles. The van der Waals surface area contributed by atoms with Crippen LogP contribution in [-0.2, 0) is 16.2 Å². The lowest BCUT2D eigenvalue weighted by Crippen LogP contribution is -2.55. The largest absolute Gasteiger partial charge is 0.416 e. The fourth-order valence-corrected chi connectivity index (χ4v) is 5.28. The van der Waals surface area contributed by atoms with Crippen molar-refractivity contribution in [1.29, 1.82) is 0 Å². The van der Waals surface area contributed by atoms with Crippen LogP contribution in [0.5, 0.6) is 0 Å². The molecule has 1 fully saturated rings. The van der Waals surface area contributed by atoms with E-state index in [9.17, 15) is 26.4 Å². The molecule has 0 N–H and O–H groups in total. The lowest BCUT2D eigenvalue weighted by atomic mass is 10.1. The van der Waals surface area contributed by atoms with E-state index in [4.69, 9.17) is 0 Å². The number of hydrogen-bond acceptors (Lipinski definition) is 4. The smallest absolute Gasteiger partial charge is 0.333 e. The maximum atomic E-state index is 13.0. The number of carbonyl (C=O) groups is 1. The van der Waals surface area contributed by atoms with Gasteiger partial charge in [0.25, 0.3) is 5.91 Å². The molecule has 0 spiro atoms. The zero-order chi connectivity index (χ0) is 22.3. The van der Waals surface area contributed by atoms with Crippen LogP contribution in [0.4, 0.5) is 13.2 Å². The third kappa shape index (κ3) is 4.20. The van der Waals surface area contributed by atoms with Crippen molar-refractivity contribution in [1.82, 2.24) is 14.2 Å². The molecule has 0 radical (unpaired) electrons. The summed E-state index contributed by atoms with van der Waals surface area (Å²) in [6, 6.07) is 5.53. The number of sulfonamides is 1. The molecule has 0 aliphatic carbocycles. The van der Waals surface area contributed by atoms with Gasteiger partial charge in [0.1, 0.15) is 0 Å². The fraction of sp³-hybridized carbons (Fsp3) is 0.400. The Morgan fingerprint density at radius 2 is 1.87 bits per heavy atom. The number of hydrogen-bond donors (Lipinski definition) is 0. The molecule has 1 atom stereocenters. The van der Waals surface area contributed by atoms with Gasteiger partial charge in [-0.15, -0.1) is 0 Å². The molecule has 1 amide bonds. The van der Waals surface area contributed by atoms with E-state index in [2.05, 4.69) is 4.98 Å². The van der Waals surface area contributed by atoms with Gasteiger partial charge in [-0.25, -0.2) is 8.42 Å². The molecular formula is C20H22F3N3O3S. The molecule has 1 aliphatic rings. The van der Waals surface area contributed by atoms with E-state index in [1.165, 1.54) is 11.2 Å². The molecular weight excluding hydrogens is 419 g/mol. The summed E-state index contributed by atoms with van der Waals surface area (Å²) in [4.78, 5) is 18.4. The van der Waals surface area contributed by atoms with Gasteiger partial charge in [-0.3, -0.25) is 9.78 Å². The second kappa shape index (κ2) is 7.99. The van der Waals surface area contributed by atoms with Gasteiger partial charge in [0.05, 0.1) is 16.0 Å². The first-order valence-corrected chi connectivity index (χ1v) is 10.8. The number of rotatable bonds is 3. The maximum Gasteiger partial charge on any atom is 0.416 e. The molecule has 1 saturated heterocycles. The van der Waals surface area contributed by atoms with E-state index < -0.39 is 27.8 Å². The molecule has 3 rings (SSSR count). The summed E-state index contributed by atoms with van der Waals surface area (Å²) < 4.78 is 66.0. The molecule has 6 nitrogen and oxygen atoms in total. The number of alkyl halides is 3. The summed E-state index contributed by atoms with van der Waals surface area (Å²) in [5, 5.41) is 0.